The van der Waals surface area contributed by atoms with Gasteiger partial charge in [0.05, 0.1) is 11.1 Å². The summed E-state index contributed by atoms with van der Waals surface area (Å²) in [5.41, 5.74) is 1.08. The maximum absolute atomic E-state index is 13.2. The predicted molar refractivity (Wildman–Crippen MR) is 105 cm³/mol. The first-order chi connectivity index (χ1) is 11.6. The van der Waals surface area contributed by atoms with Crippen molar-refractivity contribution in [2.75, 3.05) is 19.6 Å². The van der Waals surface area contributed by atoms with Gasteiger partial charge in [0.1, 0.15) is 5.60 Å². The van der Waals surface area contributed by atoms with E-state index in [1.165, 1.54) is 0 Å². The molecule has 1 aromatic carbocycles. The van der Waals surface area contributed by atoms with Gasteiger partial charge >= 0.3 is 6.09 Å². The number of carbonyl (C=O) groups is 2. The van der Waals surface area contributed by atoms with Crippen molar-refractivity contribution in [3.8, 4) is 0 Å². The standard InChI is InChI=1S/C19H25IN2O3/c1-13-6-5-7-14(20)15(13)16(23)22-11-10-21(12-19(22)8-9-19)17(24)25-18(2,3)4/h5-7H,8-12H2,1-4H3. The highest BCUT2D eigenvalue weighted by molar-refractivity contribution is 14.1. The number of rotatable bonds is 1. The van der Waals surface area contributed by atoms with Crippen LogP contribution in [0.5, 0.6) is 0 Å². The second kappa shape index (κ2) is 6.45. The van der Waals surface area contributed by atoms with Gasteiger partial charge in [-0.3, -0.25) is 4.79 Å². The Labute approximate surface area is 162 Å². The third kappa shape index (κ3) is 3.78. The van der Waals surface area contributed by atoms with Crippen molar-refractivity contribution in [3.05, 3.63) is 32.9 Å². The minimum absolute atomic E-state index is 0.0869. The summed E-state index contributed by atoms with van der Waals surface area (Å²) in [7, 11) is 0. The van der Waals surface area contributed by atoms with Crippen LogP contribution in [0.1, 0.15) is 49.5 Å². The van der Waals surface area contributed by atoms with Gasteiger partial charge in [-0.15, -0.1) is 0 Å². The molecule has 0 radical (unpaired) electrons. The highest BCUT2D eigenvalue weighted by Gasteiger charge is 2.54. The molecule has 2 fully saturated rings. The van der Waals surface area contributed by atoms with E-state index in [1.807, 2.05) is 50.8 Å². The molecule has 0 unspecified atom stereocenters. The minimum atomic E-state index is -0.502. The Bertz CT molecular complexity index is 687. The molecule has 1 spiro atoms. The fourth-order valence-corrected chi connectivity index (χ4v) is 4.25. The smallest absolute Gasteiger partial charge is 0.410 e. The molecule has 1 saturated heterocycles. The molecule has 1 aromatic rings. The molecule has 0 bridgehead atoms. The summed E-state index contributed by atoms with van der Waals surface area (Å²) in [5.74, 6) is 0.0869. The molecule has 25 heavy (non-hydrogen) atoms. The van der Waals surface area contributed by atoms with Gasteiger partial charge in [0, 0.05) is 23.2 Å². The summed E-state index contributed by atoms with van der Waals surface area (Å²) in [5, 5.41) is 0. The van der Waals surface area contributed by atoms with Crippen LogP contribution >= 0.6 is 22.6 Å². The molecule has 1 aliphatic carbocycles. The lowest BCUT2D eigenvalue weighted by Gasteiger charge is -2.42. The van der Waals surface area contributed by atoms with Gasteiger partial charge in [0.2, 0.25) is 0 Å². The van der Waals surface area contributed by atoms with Gasteiger partial charge in [-0.05, 0) is 74.8 Å². The summed E-state index contributed by atoms with van der Waals surface area (Å²) in [6, 6.07) is 5.92. The van der Waals surface area contributed by atoms with Crippen LogP contribution in [-0.4, -0.2) is 52.6 Å². The van der Waals surface area contributed by atoms with Crippen LogP contribution in [0.4, 0.5) is 4.79 Å². The topological polar surface area (TPSA) is 49.9 Å². The van der Waals surface area contributed by atoms with Crippen molar-refractivity contribution >= 4 is 34.6 Å². The Hall–Kier alpha value is -1.31. The molecule has 5 nitrogen and oxygen atoms in total. The van der Waals surface area contributed by atoms with Crippen LogP contribution in [-0.2, 0) is 4.74 Å². The van der Waals surface area contributed by atoms with Gasteiger partial charge in [0.15, 0.2) is 0 Å². The van der Waals surface area contributed by atoms with Crippen LogP contribution in [0.15, 0.2) is 18.2 Å². The molecule has 3 rings (SSSR count). The van der Waals surface area contributed by atoms with E-state index < -0.39 is 5.60 Å². The SMILES string of the molecule is Cc1cccc(I)c1C(=O)N1CCN(C(=O)OC(C)(C)C)CC12CC2. The van der Waals surface area contributed by atoms with E-state index >= 15 is 0 Å². The number of nitrogens with zero attached hydrogens (tertiary/aromatic N) is 2. The van der Waals surface area contributed by atoms with Crippen LogP contribution < -0.4 is 0 Å². The van der Waals surface area contributed by atoms with E-state index in [2.05, 4.69) is 22.6 Å². The fourth-order valence-electron chi connectivity index (χ4n) is 3.39. The molecular weight excluding hydrogens is 431 g/mol. The van der Waals surface area contributed by atoms with Crippen molar-refractivity contribution in [1.29, 1.82) is 0 Å². The molecule has 6 heteroatoms. The van der Waals surface area contributed by atoms with Gasteiger partial charge in [0.25, 0.3) is 5.91 Å². The highest BCUT2D eigenvalue weighted by atomic mass is 127. The van der Waals surface area contributed by atoms with E-state index in [1.54, 1.807) is 4.90 Å². The van der Waals surface area contributed by atoms with Crippen LogP contribution in [0, 0.1) is 10.5 Å². The maximum Gasteiger partial charge on any atom is 0.410 e. The summed E-state index contributed by atoms with van der Waals surface area (Å²) in [6.07, 6.45) is 1.61. The first-order valence-corrected chi connectivity index (χ1v) is 9.76. The first kappa shape index (κ1) is 18.5. The molecule has 136 valence electrons. The zero-order valence-corrected chi connectivity index (χ0v) is 17.4. The van der Waals surface area contributed by atoms with E-state index in [9.17, 15) is 9.59 Å². The van der Waals surface area contributed by atoms with Crippen molar-refractivity contribution < 1.29 is 14.3 Å². The molecule has 1 heterocycles. The molecule has 1 saturated carbocycles. The molecule has 0 N–H and O–H groups in total. The fraction of sp³-hybridized carbons (Fsp3) is 0.579. The van der Waals surface area contributed by atoms with E-state index in [4.69, 9.17) is 4.74 Å². The zero-order valence-electron chi connectivity index (χ0n) is 15.3. The van der Waals surface area contributed by atoms with Crippen LogP contribution in [0.25, 0.3) is 0 Å². The molecular formula is C19H25IN2O3. The van der Waals surface area contributed by atoms with Crippen molar-refractivity contribution in [2.24, 2.45) is 0 Å². The summed E-state index contributed by atoms with van der Waals surface area (Å²) < 4.78 is 6.48. The maximum atomic E-state index is 13.2. The number of carbonyl (C=O) groups excluding carboxylic acids is 2. The number of ether oxygens (including phenoxy) is 1. The number of piperazine rings is 1. The quantitative estimate of drug-likeness (QED) is 0.604. The Balaban J connectivity index is 1.77. The number of aryl methyl sites for hydroxylation is 1. The number of halogens is 1. The Morgan fingerprint density at radius 3 is 2.44 bits per heavy atom. The van der Waals surface area contributed by atoms with Crippen LogP contribution in [0.3, 0.4) is 0 Å². The Morgan fingerprint density at radius 1 is 1.20 bits per heavy atom. The molecule has 2 amide bonds. The largest absolute Gasteiger partial charge is 0.444 e. The highest BCUT2D eigenvalue weighted by Crippen LogP contribution is 2.45. The molecule has 1 aliphatic heterocycles. The van der Waals surface area contributed by atoms with Crippen molar-refractivity contribution in [1.82, 2.24) is 9.80 Å². The second-order valence-electron chi connectivity index (χ2n) is 8.01. The zero-order chi connectivity index (χ0) is 18.4. The number of hydrogen-bond acceptors (Lipinski definition) is 3. The van der Waals surface area contributed by atoms with Crippen LogP contribution in [0.2, 0.25) is 0 Å². The third-order valence-corrected chi connectivity index (χ3v) is 5.71. The lowest BCUT2D eigenvalue weighted by atomic mass is 10.0. The average Bonchev–Trinajstić information content (AvgIpc) is 3.24. The van der Waals surface area contributed by atoms with E-state index in [0.29, 0.717) is 19.6 Å². The summed E-state index contributed by atoms with van der Waals surface area (Å²) in [6.45, 7) is 9.24. The second-order valence-corrected chi connectivity index (χ2v) is 9.18. The van der Waals surface area contributed by atoms with Crippen molar-refractivity contribution in [3.63, 3.8) is 0 Å². The normalized spacial score (nSPS) is 19.1. The predicted octanol–water partition coefficient (Wildman–Crippen LogP) is 3.83. The minimum Gasteiger partial charge on any atom is -0.444 e. The monoisotopic (exact) mass is 456 g/mol. The molecule has 0 aromatic heterocycles. The average molecular weight is 456 g/mol. The van der Waals surface area contributed by atoms with Gasteiger partial charge in [-0.2, -0.15) is 0 Å². The Kier molecular flexibility index (Phi) is 4.77. The van der Waals surface area contributed by atoms with Crippen molar-refractivity contribution in [2.45, 2.75) is 51.7 Å². The lowest BCUT2D eigenvalue weighted by molar-refractivity contribution is 0.000587. The van der Waals surface area contributed by atoms with Gasteiger partial charge in [-0.25, -0.2) is 4.79 Å². The van der Waals surface area contributed by atoms with Gasteiger partial charge in [-0.1, -0.05) is 12.1 Å². The summed E-state index contributed by atoms with van der Waals surface area (Å²) in [4.78, 5) is 29.3. The third-order valence-electron chi connectivity index (χ3n) is 4.81. The first-order valence-electron chi connectivity index (χ1n) is 8.68. The van der Waals surface area contributed by atoms with Gasteiger partial charge < -0.3 is 14.5 Å². The molecule has 2 aliphatic rings. The molecule has 0 atom stereocenters. The van der Waals surface area contributed by atoms with E-state index in [0.717, 1.165) is 27.5 Å². The van der Waals surface area contributed by atoms with E-state index in [-0.39, 0.29) is 17.5 Å². The number of hydrogen-bond donors (Lipinski definition) is 0. The Morgan fingerprint density at radius 2 is 1.88 bits per heavy atom. The summed E-state index contributed by atoms with van der Waals surface area (Å²) >= 11 is 2.23. The number of amides is 2. The lowest BCUT2D eigenvalue weighted by Crippen LogP contribution is -2.59. The number of benzene rings is 1.